The Morgan fingerprint density at radius 1 is 1.06 bits per heavy atom. The van der Waals surface area contributed by atoms with E-state index in [2.05, 4.69) is 55.5 Å². The average molecular weight is 461 g/mol. The number of carbonyl (C=O) groups excluding carboxylic acids is 1. The van der Waals surface area contributed by atoms with Gasteiger partial charge in [-0.2, -0.15) is 0 Å². The third-order valence-electron chi connectivity index (χ3n) is 6.87. The number of urea groups is 1. The molecule has 1 aromatic heterocycles. The molecule has 3 aromatic rings. The van der Waals surface area contributed by atoms with Crippen molar-refractivity contribution in [3.05, 3.63) is 59.7 Å². The zero-order valence-electron chi connectivity index (χ0n) is 20.4. The second-order valence-electron chi connectivity index (χ2n) is 9.28. The van der Waals surface area contributed by atoms with E-state index in [1.807, 2.05) is 24.3 Å². The molecule has 180 valence electrons. The van der Waals surface area contributed by atoms with Crippen LogP contribution in [0.15, 0.2) is 48.5 Å². The van der Waals surface area contributed by atoms with Gasteiger partial charge in [-0.25, -0.2) is 9.78 Å². The van der Waals surface area contributed by atoms with E-state index in [0.29, 0.717) is 12.6 Å². The van der Waals surface area contributed by atoms with Gasteiger partial charge in [-0.1, -0.05) is 43.3 Å². The largest absolute Gasteiger partial charge is 0.377 e. The van der Waals surface area contributed by atoms with Crippen LogP contribution in [0.1, 0.15) is 43.7 Å². The number of hydrogen-bond donors (Lipinski definition) is 3. The quantitative estimate of drug-likeness (QED) is 0.477. The fourth-order valence-electron chi connectivity index (χ4n) is 5.17. The van der Waals surface area contributed by atoms with E-state index in [4.69, 9.17) is 16.5 Å². The number of nitrogens with one attached hydrogen (secondary N) is 1. The fraction of sp³-hybridized carbons (Fsp3) is 0.407. The van der Waals surface area contributed by atoms with Gasteiger partial charge in [-0.15, -0.1) is 0 Å². The first-order valence-corrected chi connectivity index (χ1v) is 12.2. The lowest BCUT2D eigenvalue weighted by Crippen LogP contribution is -2.47. The number of aryl methyl sites for hydroxylation is 1. The minimum Gasteiger partial charge on any atom is -0.377 e. The van der Waals surface area contributed by atoms with Crippen LogP contribution in [-0.4, -0.2) is 37.2 Å². The Balaban J connectivity index is 1.52. The van der Waals surface area contributed by atoms with E-state index < -0.39 is 6.03 Å². The van der Waals surface area contributed by atoms with Crippen molar-refractivity contribution < 1.29 is 4.79 Å². The molecule has 2 aromatic carbocycles. The minimum atomic E-state index is -0.404. The zero-order chi connectivity index (χ0) is 24.2. The van der Waals surface area contributed by atoms with Crippen molar-refractivity contribution in [1.29, 1.82) is 0 Å². The van der Waals surface area contributed by atoms with Crippen LogP contribution in [0, 0.1) is 0 Å². The second kappa shape index (κ2) is 10.3. The van der Waals surface area contributed by atoms with E-state index >= 15 is 0 Å². The zero-order valence-corrected chi connectivity index (χ0v) is 20.4. The molecule has 1 saturated carbocycles. The van der Waals surface area contributed by atoms with Crippen molar-refractivity contribution in [1.82, 2.24) is 4.98 Å². The number of carbonyl (C=O) groups is 1. The number of primary amides is 1. The number of aromatic nitrogens is 1. The van der Waals surface area contributed by atoms with Gasteiger partial charge in [0.2, 0.25) is 0 Å². The number of anilines is 3. The van der Waals surface area contributed by atoms with Gasteiger partial charge in [-0.3, -0.25) is 4.90 Å². The first-order valence-electron chi connectivity index (χ1n) is 12.2. The third kappa shape index (κ3) is 4.80. The smallest absolute Gasteiger partial charge is 0.319 e. The van der Waals surface area contributed by atoms with Crippen molar-refractivity contribution in [2.24, 2.45) is 11.5 Å². The highest BCUT2D eigenvalue weighted by molar-refractivity contribution is 5.94. The summed E-state index contributed by atoms with van der Waals surface area (Å²) in [5, 5.41) is 4.79. The van der Waals surface area contributed by atoms with Gasteiger partial charge in [0, 0.05) is 49.9 Å². The first-order chi connectivity index (χ1) is 16.4. The van der Waals surface area contributed by atoms with Crippen LogP contribution in [0.25, 0.3) is 10.9 Å². The molecule has 4 rings (SSSR count). The van der Waals surface area contributed by atoms with Crippen LogP contribution in [0.5, 0.6) is 0 Å². The molecule has 0 spiro atoms. The lowest BCUT2D eigenvalue weighted by atomic mass is 9.89. The maximum absolute atomic E-state index is 12.6. The average Bonchev–Trinajstić information content (AvgIpc) is 2.84. The molecule has 1 aliphatic rings. The van der Waals surface area contributed by atoms with Crippen molar-refractivity contribution in [3.8, 4) is 0 Å². The van der Waals surface area contributed by atoms with E-state index in [0.717, 1.165) is 71.3 Å². The summed E-state index contributed by atoms with van der Waals surface area (Å²) in [5.74, 6) is 0.888. The molecule has 0 saturated heterocycles. The van der Waals surface area contributed by atoms with E-state index in [1.54, 1.807) is 4.90 Å². The highest BCUT2D eigenvalue weighted by Crippen LogP contribution is 2.34. The second-order valence-corrected chi connectivity index (χ2v) is 9.28. The highest BCUT2D eigenvalue weighted by Gasteiger charge is 2.31. The van der Waals surface area contributed by atoms with Crippen LogP contribution in [0.4, 0.5) is 22.0 Å². The van der Waals surface area contributed by atoms with Crippen molar-refractivity contribution in [2.45, 2.75) is 57.7 Å². The lowest BCUT2D eigenvalue weighted by Gasteiger charge is -2.38. The van der Waals surface area contributed by atoms with E-state index in [-0.39, 0.29) is 6.04 Å². The predicted octanol–water partition coefficient (Wildman–Crippen LogP) is 4.63. The van der Waals surface area contributed by atoms with E-state index in [9.17, 15) is 4.79 Å². The molecule has 0 radical (unpaired) electrons. The van der Waals surface area contributed by atoms with Crippen molar-refractivity contribution >= 4 is 34.1 Å². The molecule has 5 N–H and O–H groups in total. The molecule has 34 heavy (non-hydrogen) atoms. The Hall–Kier alpha value is -3.32. The molecular formula is C27H36N6O. The third-order valence-corrected chi connectivity index (χ3v) is 6.87. The van der Waals surface area contributed by atoms with Gasteiger partial charge < -0.3 is 21.7 Å². The van der Waals surface area contributed by atoms with Gasteiger partial charge in [-0.05, 0) is 49.3 Å². The summed E-state index contributed by atoms with van der Waals surface area (Å²) < 4.78 is 0. The Morgan fingerprint density at radius 3 is 2.41 bits per heavy atom. The fourth-order valence-corrected chi connectivity index (χ4v) is 5.17. The van der Waals surface area contributed by atoms with Crippen LogP contribution in [0.2, 0.25) is 0 Å². The summed E-state index contributed by atoms with van der Waals surface area (Å²) in [5.41, 5.74) is 17.1. The van der Waals surface area contributed by atoms with Crippen molar-refractivity contribution in [3.63, 3.8) is 0 Å². The van der Waals surface area contributed by atoms with Crippen LogP contribution in [0.3, 0.4) is 0 Å². The Kier molecular flexibility index (Phi) is 7.22. The van der Waals surface area contributed by atoms with Crippen molar-refractivity contribution in [2.75, 3.05) is 29.2 Å². The molecular weight excluding hydrogens is 424 g/mol. The van der Waals surface area contributed by atoms with Gasteiger partial charge >= 0.3 is 6.03 Å². The summed E-state index contributed by atoms with van der Waals surface area (Å²) in [6, 6.07) is 16.4. The monoisotopic (exact) mass is 460 g/mol. The number of nitrogens with two attached hydrogens (primary N) is 2. The first kappa shape index (κ1) is 23.8. The minimum absolute atomic E-state index is 0.0652. The number of para-hydroxylation sites is 2. The normalized spacial score (nSPS) is 18.0. The Labute approximate surface area is 202 Å². The summed E-state index contributed by atoms with van der Waals surface area (Å²) in [6.45, 7) is 2.48. The van der Waals surface area contributed by atoms with Crippen LogP contribution < -0.4 is 26.6 Å². The summed E-state index contributed by atoms with van der Waals surface area (Å²) in [7, 11) is 4.11. The molecule has 7 nitrogen and oxygen atoms in total. The number of pyridine rings is 1. The molecule has 0 bridgehead atoms. The molecule has 2 amide bonds. The topological polar surface area (TPSA) is 101 Å². The van der Waals surface area contributed by atoms with Crippen LogP contribution in [-0.2, 0) is 13.0 Å². The van der Waals surface area contributed by atoms with Gasteiger partial charge in [0.25, 0.3) is 0 Å². The summed E-state index contributed by atoms with van der Waals surface area (Å²) >= 11 is 0. The summed E-state index contributed by atoms with van der Waals surface area (Å²) in [6.07, 6.45) is 4.44. The number of amides is 2. The standard InChI is InChI=1S/C27H36N6O/c1-4-18-8-7-9-19(17-28)26(18)33(27(29)34)21-14-12-20(13-15-21)30-25-16-24(32(2)3)22-10-5-6-11-23(22)31-25/h5-11,16,20-21H,4,12-15,17,28H2,1-3H3,(H2,29,34)(H,30,31). The molecule has 0 atom stereocenters. The molecule has 1 fully saturated rings. The maximum atomic E-state index is 12.6. The number of fused-ring (bicyclic) bond motifs is 1. The van der Waals surface area contributed by atoms with Gasteiger partial charge in [0.15, 0.2) is 0 Å². The van der Waals surface area contributed by atoms with Gasteiger partial charge in [0.05, 0.1) is 11.2 Å². The van der Waals surface area contributed by atoms with Crippen LogP contribution >= 0.6 is 0 Å². The molecule has 1 aliphatic carbocycles. The Morgan fingerprint density at radius 2 is 1.76 bits per heavy atom. The maximum Gasteiger partial charge on any atom is 0.319 e. The molecule has 0 unspecified atom stereocenters. The van der Waals surface area contributed by atoms with Gasteiger partial charge in [0.1, 0.15) is 5.82 Å². The number of hydrogen-bond acceptors (Lipinski definition) is 5. The lowest BCUT2D eigenvalue weighted by molar-refractivity contribution is 0.248. The summed E-state index contributed by atoms with van der Waals surface area (Å²) in [4.78, 5) is 21.4. The highest BCUT2D eigenvalue weighted by atomic mass is 16.2. The molecule has 1 heterocycles. The molecule has 7 heteroatoms. The number of rotatable bonds is 7. The molecule has 0 aliphatic heterocycles. The number of nitrogens with zero attached hydrogens (tertiary/aromatic N) is 3. The Bertz CT molecular complexity index is 1130. The number of benzene rings is 2. The predicted molar refractivity (Wildman–Crippen MR) is 142 cm³/mol. The SMILES string of the molecule is CCc1cccc(CN)c1N(C(N)=O)C1CCC(Nc2cc(N(C)C)c3ccccc3n2)CC1. The van der Waals surface area contributed by atoms with E-state index in [1.165, 1.54) is 0 Å².